The van der Waals surface area contributed by atoms with Crippen LogP contribution < -0.4 is 5.32 Å². The van der Waals surface area contributed by atoms with Gasteiger partial charge in [-0.1, -0.05) is 38.1 Å². The molecule has 0 bridgehead atoms. The van der Waals surface area contributed by atoms with Crippen LogP contribution in [-0.4, -0.2) is 39.9 Å². The number of carbonyl (C=O) groups excluding carboxylic acids is 1. The van der Waals surface area contributed by atoms with Gasteiger partial charge in [-0.05, 0) is 47.9 Å². The van der Waals surface area contributed by atoms with E-state index in [1.807, 2.05) is 24.5 Å². The van der Waals surface area contributed by atoms with E-state index < -0.39 is 0 Å². The zero-order valence-electron chi connectivity index (χ0n) is 18.0. The predicted molar refractivity (Wildman–Crippen MR) is 121 cm³/mol. The van der Waals surface area contributed by atoms with E-state index in [1.165, 1.54) is 16.5 Å². The molecule has 1 fully saturated rings. The topological polar surface area (TPSA) is 61.0 Å². The molecule has 3 heterocycles. The molecule has 1 aliphatic rings. The second kappa shape index (κ2) is 9.43. The number of H-pyrrole nitrogens is 1. The Kier molecular flexibility index (Phi) is 6.48. The first-order valence-corrected chi connectivity index (χ1v) is 11.1. The molecule has 4 rings (SSSR count). The second-order valence-corrected chi connectivity index (χ2v) is 8.82. The maximum Gasteiger partial charge on any atom is 0.220 e. The van der Waals surface area contributed by atoms with Crippen molar-refractivity contribution in [3.8, 4) is 0 Å². The van der Waals surface area contributed by atoms with Crippen molar-refractivity contribution < 1.29 is 4.79 Å². The van der Waals surface area contributed by atoms with Gasteiger partial charge in [-0.2, -0.15) is 0 Å². The van der Waals surface area contributed by atoms with Crippen molar-refractivity contribution in [1.29, 1.82) is 0 Å². The lowest BCUT2D eigenvalue weighted by Crippen LogP contribution is -2.44. The highest BCUT2D eigenvalue weighted by Crippen LogP contribution is 2.33. The van der Waals surface area contributed by atoms with E-state index in [1.54, 1.807) is 0 Å². The molecule has 0 radical (unpaired) electrons. The molecule has 0 aliphatic carbocycles. The van der Waals surface area contributed by atoms with Crippen molar-refractivity contribution in [1.82, 2.24) is 20.2 Å². The summed E-state index contributed by atoms with van der Waals surface area (Å²) >= 11 is 0. The highest BCUT2D eigenvalue weighted by Gasteiger charge is 2.25. The summed E-state index contributed by atoms with van der Waals surface area (Å²) in [5.74, 6) is 0.785. The van der Waals surface area contributed by atoms with Crippen LogP contribution in [0.25, 0.3) is 10.9 Å². The number of piperidine rings is 1. The highest BCUT2D eigenvalue weighted by atomic mass is 16.1. The van der Waals surface area contributed by atoms with E-state index in [0.29, 0.717) is 12.3 Å². The van der Waals surface area contributed by atoms with Gasteiger partial charge < -0.3 is 10.3 Å². The van der Waals surface area contributed by atoms with E-state index in [9.17, 15) is 4.79 Å². The largest absolute Gasteiger partial charge is 0.361 e. The van der Waals surface area contributed by atoms with Crippen LogP contribution in [0.5, 0.6) is 0 Å². The molecule has 2 aromatic heterocycles. The first-order valence-electron chi connectivity index (χ1n) is 11.1. The van der Waals surface area contributed by atoms with Gasteiger partial charge in [0.2, 0.25) is 5.91 Å². The van der Waals surface area contributed by atoms with Crippen molar-refractivity contribution in [2.24, 2.45) is 5.92 Å². The Labute approximate surface area is 178 Å². The molecule has 0 unspecified atom stereocenters. The lowest BCUT2D eigenvalue weighted by atomic mass is 9.85. The fraction of sp³-hybridized carbons (Fsp3) is 0.440. The van der Waals surface area contributed by atoms with Gasteiger partial charge in [0.1, 0.15) is 0 Å². The molecular formula is C25H32N4O. The number of nitrogens with zero attached hydrogens (tertiary/aromatic N) is 2. The summed E-state index contributed by atoms with van der Waals surface area (Å²) in [5.41, 5.74) is 3.64. The maximum absolute atomic E-state index is 12.9. The van der Waals surface area contributed by atoms with Crippen LogP contribution in [0.15, 0.2) is 55.0 Å². The number of benzene rings is 1. The summed E-state index contributed by atoms with van der Waals surface area (Å²) in [5, 5.41) is 4.54. The molecule has 0 spiro atoms. The fourth-order valence-corrected chi connectivity index (χ4v) is 4.58. The number of pyridine rings is 1. The van der Waals surface area contributed by atoms with E-state index >= 15 is 0 Å². The summed E-state index contributed by atoms with van der Waals surface area (Å²) in [4.78, 5) is 22.9. The van der Waals surface area contributed by atoms with Crippen molar-refractivity contribution in [3.63, 3.8) is 0 Å². The molecule has 1 saturated heterocycles. The Bertz CT molecular complexity index is 957. The zero-order valence-corrected chi connectivity index (χ0v) is 18.0. The average molecular weight is 405 g/mol. The molecule has 30 heavy (non-hydrogen) atoms. The first-order chi connectivity index (χ1) is 14.6. The lowest BCUT2D eigenvalue weighted by molar-refractivity contribution is -0.122. The number of aromatic amines is 1. The molecule has 1 amide bonds. The number of hydrogen-bond donors (Lipinski definition) is 2. The van der Waals surface area contributed by atoms with Gasteiger partial charge in [0.15, 0.2) is 0 Å². The third-order valence-corrected chi connectivity index (χ3v) is 6.31. The number of carbonyl (C=O) groups is 1. The molecule has 5 heteroatoms. The second-order valence-electron chi connectivity index (χ2n) is 8.82. The Morgan fingerprint density at radius 1 is 1.20 bits per heavy atom. The molecule has 1 aromatic carbocycles. The van der Waals surface area contributed by atoms with Crippen LogP contribution in [0.2, 0.25) is 0 Å². The van der Waals surface area contributed by atoms with Crippen molar-refractivity contribution >= 4 is 16.8 Å². The van der Waals surface area contributed by atoms with Gasteiger partial charge in [-0.25, -0.2) is 0 Å². The van der Waals surface area contributed by atoms with Crippen LogP contribution in [0.3, 0.4) is 0 Å². The summed E-state index contributed by atoms with van der Waals surface area (Å²) in [6.45, 7) is 7.36. The quantitative estimate of drug-likeness (QED) is 0.611. The van der Waals surface area contributed by atoms with Crippen LogP contribution in [0, 0.1) is 5.92 Å². The van der Waals surface area contributed by atoms with Crippen molar-refractivity contribution in [2.75, 3.05) is 13.1 Å². The van der Waals surface area contributed by atoms with Crippen molar-refractivity contribution in [2.45, 2.75) is 51.6 Å². The SMILES string of the molecule is CC(C)[C@H](CC(=O)NC1CCN(Cc2cccnc2)CC1)c1c[nH]c2ccccc12. The lowest BCUT2D eigenvalue weighted by Gasteiger charge is -2.32. The molecular weight excluding hydrogens is 372 g/mol. The molecule has 5 nitrogen and oxygen atoms in total. The molecule has 2 N–H and O–H groups in total. The minimum atomic E-state index is 0.171. The first kappa shape index (κ1) is 20.6. The minimum Gasteiger partial charge on any atom is -0.361 e. The summed E-state index contributed by atoms with van der Waals surface area (Å²) in [6.07, 6.45) is 8.38. The highest BCUT2D eigenvalue weighted by molar-refractivity contribution is 5.85. The number of amides is 1. The number of aromatic nitrogens is 2. The van der Waals surface area contributed by atoms with Gasteiger partial charge in [-0.15, -0.1) is 0 Å². The van der Waals surface area contributed by atoms with Gasteiger partial charge >= 0.3 is 0 Å². The average Bonchev–Trinajstić information content (AvgIpc) is 3.18. The Morgan fingerprint density at radius 2 is 2.00 bits per heavy atom. The monoisotopic (exact) mass is 404 g/mol. The Morgan fingerprint density at radius 3 is 2.73 bits per heavy atom. The smallest absolute Gasteiger partial charge is 0.220 e. The van der Waals surface area contributed by atoms with Crippen LogP contribution in [0.4, 0.5) is 0 Å². The summed E-state index contributed by atoms with van der Waals surface area (Å²) in [6, 6.07) is 12.7. The third-order valence-electron chi connectivity index (χ3n) is 6.31. The number of hydrogen-bond acceptors (Lipinski definition) is 3. The molecule has 3 aromatic rings. The van der Waals surface area contributed by atoms with E-state index in [-0.39, 0.29) is 17.9 Å². The number of rotatable bonds is 7. The van der Waals surface area contributed by atoms with Crippen LogP contribution in [0.1, 0.15) is 50.2 Å². The number of likely N-dealkylation sites (tertiary alicyclic amines) is 1. The molecule has 1 atom stereocenters. The van der Waals surface area contributed by atoms with Crippen LogP contribution in [-0.2, 0) is 11.3 Å². The minimum absolute atomic E-state index is 0.171. The third kappa shape index (κ3) is 4.90. The standard InChI is InChI=1S/C25H32N4O/c1-18(2)22(23-16-27-24-8-4-3-7-21(23)24)14-25(30)28-20-9-12-29(13-10-20)17-19-6-5-11-26-15-19/h3-8,11,15-16,18,20,22,27H,9-10,12-14,17H2,1-2H3,(H,28,30)/t22-/m0/s1. The summed E-state index contributed by atoms with van der Waals surface area (Å²) in [7, 11) is 0. The van der Waals surface area contributed by atoms with Gasteiger partial charge in [0.05, 0.1) is 0 Å². The Balaban J connectivity index is 1.31. The maximum atomic E-state index is 12.9. The van der Waals surface area contributed by atoms with Gasteiger partial charge in [0.25, 0.3) is 0 Å². The predicted octanol–water partition coefficient (Wildman–Crippen LogP) is 4.47. The van der Waals surface area contributed by atoms with Gasteiger partial charge in [-0.3, -0.25) is 14.7 Å². The van der Waals surface area contributed by atoms with Crippen molar-refractivity contribution in [3.05, 3.63) is 66.1 Å². The molecule has 1 aliphatic heterocycles. The van der Waals surface area contributed by atoms with E-state index in [2.05, 4.69) is 64.5 Å². The van der Waals surface area contributed by atoms with Gasteiger partial charge in [0, 0.05) is 61.6 Å². The molecule has 158 valence electrons. The number of nitrogens with one attached hydrogen (secondary N) is 2. The number of fused-ring (bicyclic) bond motifs is 1. The fourth-order valence-electron chi connectivity index (χ4n) is 4.58. The van der Waals surface area contributed by atoms with E-state index in [4.69, 9.17) is 0 Å². The molecule has 0 saturated carbocycles. The zero-order chi connectivity index (χ0) is 20.9. The normalized spacial score (nSPS) is 16.8. The van der Waals surface area contributed by atoms with E-state index in [0.717, 1.165) is 38.0 Å². The number of para-hydroxylation sites is 1. The summed E-state index contributed by atoms with van der Waals surface area (Å²) < 4.78 is 0. The van der Waals surface area contributed by atoms with Crippen LogP contribution >= 0.6 is 0 Å². The Hall–Kier alpha value is -2.66.